The molecule has 0 spiro atoms. The molecule has 0 fully saturated rings. The Kier molecular flexibility index (Phi) is 6.08. The second-order valence-corrected chi connectivity index (χ2v) is 5.69. The first kappa shape index (κ1) is 18.0. The smallest absolute Gasteiger partial charge is 0.337 e. The predicted molar refractivity (Wildman–Crippen MR) is 94.7 cm³/mol. The lowest BCUT2D eigenvalue weighted by Crippen LogP contribution is -2.21. The minimum absolute atomic E-state index is 0.192. The number of aromatic nitrogens is 1. The molecule has 0 atom stereocenters. The zero-order valence-corrected chi connectivity index (χ0v) is 14.0. The number of nitrogens with one attached hydrogen (secondary N) is 2. The number of amidine groups is 1. The van der Waals surface area contributed by atoms with Gasteiger partial charge in [-0.2, -0.15) is 10.4 Å². The highest BCUT2D eigenvalue weighted by Crippen LogP contribution is 2.27. The molecule has 2 rings (SSSR count). The normalized spacial score (nSPS) is 10.6. The summed E-state index contributed by atoms with van der Waals surface area (Å²) in [4.78, 5) is 16.6. The van der Waals surface area contributed by atoms with Crippen molar-refractivity contribution in [2.75, 3.05) is 12.5 Å². The van der Waals surface area contributed by atoms with Crippen molar-refractivity contribution in [2.24, 2.45) is 10.8 Å². The summed E-state index contributed by atoms with van der Waals surface area (Å²) in [7, 11) is 1.33. The van der Waals surface area contributed by atoms with Gasteiger partial charge in [0, 0.05) is 11.1 Å². The molecule has 0 amide bonds. The number of ether oxygens (including phenoxy) is 1. The zero-order chi connectivity index (χ0) is 18.2. The molecule has 9 heteroatoms. The third-order valence-electron chi connectivity index (χ3n) is 2.89. The number of benzene rings is 1. The van der Waals surface area contributed by atoms with E-state index in [4.69, 9.17) is 16.4 Å². The third kappa shape index (κ3) is 5.05. The maximum absolute atomic E-state index is 11.5. The number of rotatable bonds is 6. The fourth-order valence-corrected chi connectivity index (χ4v) is 2.51. The Balaban J connectivity index is 2.07. The van der Waals surface area contributed by atoms with Crippen molar-refractivity contribution in [2.45, 2.75) is 9.92 Å². The van der Waals surface area contributed by atoms with Gasteiger partial charge in [-0.15, -0.1) is 0 Å². The van der Waals surface area contributed by atoms with Crippen LogP contribution in [0.2, 0.25) is 0 Å². The number of hydrogen-bond donors (Lipinski definition) is 3. The zero-order valence-electron chi connectivity index (χ0n) is 13.2. The van der Waals surface area contributed by atoms with E-state index in [1.54, 1.807) is 36.5 Å². The molecule has 2 aromatic rings. The maximum Gasteiger partial charge on any atom is 0.337 e. The highest BCUT2D eigenvalue weighted by atomic mass is 32.2. The molecule has 1 aromatic carbocycles. The highest BCUT2D eigenvalue weighted by molar-refractivity contribution is 7.99. The van der Waals surface area contributed by atoms with Crippen LogP contribution in [0, 0.1) is 16.7 Å². The van der Waals surface area contributed by atoms with Crippen LogP contribution in [0.25, 0.3) is 0 Å². The number of pyridine rings is 1. The van der Waals surface area contributed by atoms with Crippen LogP contribution in [-0.4, -0.2) is 29.6 Å². The van der Waals surface area contributed by atoms with Gasteiger partial charge < -0.3 is 10.5 Å². The highest BCUT2D eigenvalue weighted by Gasteiger charge is 2.07. The van der Waals surface area contributed by atoms with E-state index in [2.05, 4.69) is 20.2 Å². The molecular formula is C16H14N6O2S. The average Bonchev–Trinajstić information content (AvgIpc) is 2.63. The molecule has 1 heterocycles. The Morgan fingerprint density at radius 2 is 2.12 bits per heavy atom. The number of nitrogens with zero attached hydrogens (tertiary/aromatic N) is 3. The molecule has 0 saturated heterocycles. The number of carbonyl (C=O) groups excluding carboxylic acids is 1. The van der Waals surface area contributed by atoms with Crippen molar-refractivity contribution in [3.8, 4) is 6.07 Å². The lowest BCUT2D eigenvalue weighted by atomic mass is 10.3. The standard InChI is InChI=1S/C16H14N6O2S/c1-24-16(23)10-6-7-20-14(8-10)25-12-4-2-11(3-5-12)21-22-13(9-17)15(18)19/h2-8,21H,1H3,(H3,18,19)/b22-13+. The van der Waals surface area contributed by atoms with Crippen LogP contribution in [0.4, 0.5) is 5.69 Å². The molecule has 4 N–H and O–H groups in total. The maximum atomic E-state index is 11.5. The van der Waals surface area contributed by atoms with Gasteiger partial charge in [-0.05, 0) is 36.4 Å². The summed E-state index contributed by atoms with van der Waals surface area (Å²) in [5.74, 6) is -0.820. The molecule has 0 aliphatic carbocycles. The summed E-state index contributed by atoms with van der Waals surface area (Å²) in [5, 5.41) is 20.4. The van der Waals surface area contributed by atoms with Crippen LogP contribution in [0.3, 0.4) is 0 Å². The quantitative estimate of drug-likeness (QED) is 0.313. The third-order valence-corrected chi connectivity index (χ3v) is 3.83. The molecule has 0 aliphatic rings. The SMILES string of the molecule is COC(=O)c1ccnc(Sc2ccc(N/N=C(\C#N)C(=N)N)cc2)c1. The Bertz CT molecular complexity index is 858. The first-order valence-electron chi connectivity index (χ1n) is 6.94. The molecule has 0 aliphatic heterocycles. The summed E-state index contributed by atoms with van der Waals surface area (Å²) in [6, 6.07) is 12.1. The monoisotopic (exact) mass is 354 g/mol. The van der Waals surface area contributed by atoms with Gasteiger partial charge in [0.25, 0.3) is 0 Å². The topological polar surface area (TPSA) is 137 Å². The average molecular weight is 354 g/mol. The fraction of sp³-hybridized carbons (Fsp3) is 0.0625. The van der Waals surface area contributed by atoms with E-state index in [0.717, 1.165) is 4.90 Å². The lowest BCUT2D eigenvalue weighted by Gasteiger charge is -2.05. The number of hydrogen-bond acceptors (Lipinski definition) is 8. The lowest BCUT2D eigenvalue weighted by molar-refractivity contribution is 0.0600. The predicted octanol–water partition coefficient (Wildman–Crippen LogP) is 2.25. The summed E-state index contributed by atoms with van der Waals surface area (Å²) >= 11 is 1.38. The molecule has 0 bridgehead atoms. The van der Waals surface area contributed by atoms with E-state index in [9.17, 15) is 4.79 Å². The van der Waals surface area contributed by atoms with Crippen molar-refractivity contribution in [1.29, 1.82) is 10.7 Å². The van der Waals surface area contributed by atoms with Crippen molar-refractivity contribution >= 4 is 35.0 Å². The summed E-state index contributed by atoms with van der Waals surface area (Å²) in [6.45, 7) is 0. The van der Waals surface area contributed by atoms with Crippen molar-refractivity contribution < 1.29 is 9.53 Å². The molecule has 126 valence electrons. The van der Waals surface area contributed by atoms with Crippen LogP contribution in [0.15, 0.2) is 57.6 Å². The number of nitriles is 1. The van der Waals surface area contributed by atoms with E-state index in [1.165, 1.54) is 18.9 Å². The Morgan fingerprint density at radius 1 is 1.40 bits per heavy atom. The number of esters is 1. The molecular weight excluding hydrogens is 340 g/mol. The Hall–Kier alpha value is -3.38. The Morgan fingerprint density at radius 3 is 2.72 bits per heavy atom. The van der Waals surface area contributed by atoms with Crippen molar-refractivity contribution in [3.63, 3.8) is 0 Å². The van der Waals surface area contributed by atoms with E-state index in [1.807, 2.05) is 12.1 Å². The molecule has 0 saturated carbocycles. The molecule has 25 heavy (non-hydrogen) atoms. The minimum atomic E-state index is -0.416. The van der Waals surface area contributed by atoms with E-state index < -0.39 is 11.8 Å². The number of carbonyl (C=O) groups is 1. The van der Waals surface area contributed by atoms with Gasteiger partial charge in [-0.1, -0.05) is 11.8 Å². The second-order valence-electron chi connectivity index (χ2n) is 4.60. The molecule has 1 aromatic heterocycles. The number of anilines is 1. The number of methoxy groups -OCH3 is 1. The molecule has 0 unspecified atom stereocenters. The fourth-order valence-electron chi connectivity index (χ4n) is 1.69. The number of nitrogens with two attached hydrogens (primary N) is 1. The van der Waals surface area contributed by atoms with Gasteiger partial charge >= 0.3 is 5.97 Å². The van der Waals surface area contributed by atoms with Gasteiger partial charge in [0.2, 0.25) is 5.71 Å². The van der Waals surface area contributed by atoms with Crippen LogP contribution >= 0.6 is 11.8 Å². The number of hydrazone groups is 1. The summed E-state index contributed by atoms with van der Waals surface area (Å²) < 4.78 is 4.69. The summed E-state index contributed by atoms with van der Waals surface area (Å²) in [5.41, 5.74) is 8.74. The van der Waals surface area contributed by atoms with Gasteiger partial charge in [0.1, 0.15) is 11.1 Å². The first-order valence-corrected chi connectivity index (χ1v) is 7.75. The van der Waals surface area contributed by atoms with Crippen LogP contribution in [0.5, 0.6) is 0 Å². The van der Waals surface area contributed by atoms with Crippen LogP contribution in [0.1, 0.15) is 10.4 Å². The minimum Gasteiger partial charge on any atom is -0.465 e. The first-order chi connectivity index (χ1) is 12.0. The van der Waals surface area contributed by atoms with Gasteiger partial charge in [0.15, 0.2) is 5.84 Å². The van der Waals surface area contributed by atoms with E-state index >= 15 is 0 Å². The van der Waals surface area contributed by atoms with Crippen molar-refractivity contribution in [1.82, 2.24) is 4.98 Å². The molecule has 0 radical (unpaired) electrons. The van der Waals surface area contributed by atoms with E-state index in [0.29, 0.717) is 16.3 Å². The largest absolute Gasteiger partial charge is 0.465 e. The van der Waals surface area contributed by atoms with Gasteiger partial charge in [-0.25, -0.2) is 9.78 Å². The Labute approximate surface area is 148 Å². The van der Waals surface area contributed by atoms with Crippen LogP contribution < -0.4 is 11.2 Å². The van der Waals surface area contributed by atoms with Crippen molar-refractivity contribution in [3.05, 3.63) is 48.2 Å². The van der Waals surface area contributed by atoms with Gasteiger partial charge in [0.05, 0.1) is 18.4 Å². The second kappa shape index (κ2) is 8.47. The summed E-state index contributed by atoms with van der Waals surface area (Å²) in [6.07, 6.45) is 1.55. The van der Waals surface area contributed by atoms with Crippen LogP contribution in [-0.2, 0) is 4.74 Å². The van der Waals surface area contributed by atoms with E-state index in [-0.39, 0.29) is 5.71 Å². The molecule has 8 nitrogen and oxygen atoms in total. The van der Waals surface area contributed by atoms with Gasteiger partial charge in [-0.3, -0.25) is 10.8 Å².